The molecule has 9 heteroatoms. The van der Waals surface area contributed by atoms with Crippen LogP contribution in [0.25, 0.3) is 0 Å². The standard InChI is InChI=1S/C28H32ClN3O4S/c1-4-18-30-28(34)22(3)31(19-23-12-10-21(2)11-13-23)27(33)20-32(25-8-6-5-7-9-25)37(35,36)26-16-14-24(29)15-17-26/h5-17,22H,4,18-20H2,1-3H3,(H,30,34)/t22-/m1/s1. The number of carbonyl (C=O) groups excluding carboxylic acids is 2. The molecule has 0 bridgehead atoms. The lowest BCUT2D eigenvalue weighted by atomic mass is 10.1. The molecule has 0 saturated carbocycles. The average Bonchev–Trinajstić information content (AvgIpc) is 2.90. The molecule has 0 aliphatic carbocycles. The van der Waals surface area contributed by atoms with E-state index in [1.807, 2.05) is 38.1 Å². The molecule has 0 aliphatic heterocycles. The minimum Gasteiger partial charge on any atom is -0.354 e. The summed E-state index contributed by atoms with van der Waals surface area (Å²) in [5, 5.41) is 3.23. The summed E-state index contributed by atoms with van der Waals surface area (Å²) in [6.45, 7) is 5.72. The van der Waals surface area contributed by atoms with E-state index < -0.39 is 28.5 Å². The Balaban J connectivity index is 1.98. The van der Waals surface area contributed by atoms with Gasteiger partial charge in [-0.1, -0.05) is 66.6 Å². The summed E-state index contributed by atoms with van der Waals surface area (Å²) in [6.07, 6.45) is 0.755. The van der Waals surface area contributed by atoms with E-state index in [1.54, 1.807) is 37.3 Å². The van der Waals surface area contributed by atoms with Crippen LogP contribution in [0.1, 0.15) is 31.4 Å². The van der Waals surface area contributed by atoms with Crippen LogP contribution in [-0.2, 0) is 26.2 Å². The van der Waals surface area contributed by atoms with E-state index in [9.17, 15) is 18.0 Å². The molecule has 3 aromatic rings. The van der Waals surface area contributed by atoms with E-state index in [1.165, 1.54) is 29.2 Å². The van der Waals surface area contributed by atoms with Gasteiger partial charge in [-0.15, -0.1) is 0 Å². The third kappa shape index (κ3) is 7.33. The smallest absolute Gasteiger partial charge is 0.264 e. The largest absolute Gasteiger partial charge is 0.354 e. The van der Waals surface area contributed by atoms with Crippen LogP contribution < -0.4 is 9.62 Å². The first-order chi connectivity index (χ1) is 17.6. The summed E-state index contributed by atoms with van der Waals surface area (Å²) < 4.78 is 28.4. The lowest BCUT2D eigenvalue weighted by molar-refractivity contribution is -0.139. The molecule has 2 amide bonds. The zero-order valence-electron chi connectivity index (χ0n) is 21.2. The normalized spacial score (nSPS) is 12.0. The molecule has 3 aromatic carbocycles. The Labute approximate surface area is 224 Å². The molecule has 196 valence electrons. The SMILES string of the molecule is CCCNC(=O)[C@@H](C)N(Cc1ccc(C)cc1)C(=O)CN(c1ccccc1)S(=O)(=O)c1ccc(Cl)cc1. The molecule has 0 radical (unpaired) electrons. The maximum atomic E-state index is 13.8. The molecule has 0 heterocycles. The molecule has 3 rings (SSSR count). The fourth-order valence-electron chi connectivity index (χ4n) is 3.73. The van der Waals surface area contributed by atoms with Gasteiger partial charge in [-0.05, 0) is 62.2 Å². The van der Waals surface area contributed by atoms with Gasteiger partial charge in [0.05, 0.1) is 10.6 Å². The zero-order valence-corrected chi connectivity index (χ0v) is 22.8. The summed E-state index contributed by atoms with van der Waals surface area (Å²) in [6, 6.07) is 21.1. The number of aryl methyl sites for hydroxylation is 1. The molecule has 0 aromatic heterocycles. The predicted molar refractivity (Wildman–Crippen MR) is 147 cm³/mol. The van der Waals surface area contributed by atoms with Crippen molar-refractivity contribution in [3.05, 3.63) is 95.0 Å². The van der Waals surface area contributed by atoms with Crippen LogP contribution in [0, 0.1) is 6.92 Å². The van der Waals surface area contributed by atoms with Crippen LogP contribution in [0.4, 0.5) is 5.69 Å². The van der Waals surface area contributed by atoms with Crippen molar-refractivity contribution in [2.75, 3.05) is 17.4 Å². The van der Waals surface area contributed by atoms with Crippen LogP contribution in [0.2, 0.25) is 5.02 Å². The van der Waals surface area contributed by atoms with E-state index in [4.69, 9.17) is 11.6 Å². The Kier molecular flexibility index (Phi) is 9.72. The Bertz CT molecular complexity index is 1300. The molecule has 1 atom stereocenters. The van der Waals surface area contributed by atoms with Gasteiger partial charge in [0.2, 0.25) is 11.8 Å². The number of nitrogens with one attached hydrogen (secondary N) is 1. The number of hydrogen-bond acceptors (Lipinski definition) is 4. The number of rotatable bonds is 11. The minimum atomic E-state index is -4.11. The number of halogens is 1. The van der Waals surface area contributed by atoms with E-state index in [0.29, 0.717) is 17.3 Å². The lowest BCUT2D eigenvalue weighted by Crippen LogP contribution is -2.51. The summed E-state index contributed by atoms with van der Waals surface area (Å²) in [5.41, 5.74) is 2.24. The fourth-order valence-corrected chi connectivity index (χ4v) is 5.27. The Hall–Kier alpha value is -3.36. The molecule has 0 saturated heterocycles. The first-order valence-corrected chi connectivity index (χ1v) is 13.9. The average molecular weight is 542 g/mol. The second-order valence-corrected chi connectivity index (χ2v) is 11.1. The molecule has 0 fully saturated rings. The second-order valence-electron chi connectivity index (χ2n) is 8.78. The molecule has 0 aliphatic rings. The number of benzene rings is 3. The molecular weight excluding hydrogens is 510 g/mol. The van der Waals surface area contributed by atoms with E-state index >= 15 is 0 Å². The van der Waals surface area contributed by atoms with Gasteiger partial charge in [0, 0.05) is 18.1 Å². The number of carbonyl (C=O) groups is 2. The first kappa shape index (κ1) is 28.2. The van der Waals surface area contributed by atoms with Crippen LogP contribution >= 0.6 is 11.6 Å². The quantitative estimate of drug-likeness (QED) is 0.378. The Morgan fingerprint density at radius 3 is 2.16 bits per heavy atom. The molecule has 0 unspecified atom stereocenters. The van der Waals surface area contributed by atoms with Crippen molar-refractivity contribution < 1.29 is 18.0 Å². The number of hydrogen-bond donors (Lipinski definition) is 1. The van der Waals surface area contributed by atoms with Crippen molar-refractivity contribution in [3.8, 4) is 0 Å². The van der Waals surface area contributed by atoms with Crippen molar-refractivity contribution in [3.63, 3.8) is 0 Å². The van der Waals surface area contributed by atoms with Gasteiger partial charge in [0.15, 0.2) is 0 Å². The maximum absolute atomic E-state index is 13.8. The Morgan fingerprint density at radius 1 is 0.946 bits per heavy atom. The fraction of sp³-hybridized carbons (Fsp3) is 0.286. The first-order valence-electron chi connectivity index (χ1n) is 12.1. The van der Waals surface area contributed by atoms with Crippen LogP contribution in [0.5, 0.6) is 0 Å². The number of anilines is 1. The van der Waals surface area contributed by atoms with Crippen molar-refractivity contribution in [1.29, 1.82) is 0 Å². The lowest BCUT2D eigenvalue weighted by Gasteiger charge is -2.32. The highest BCUT2D eigenvalue weighted by Crippen LogP contribution is 2.25. The van der Waals surface area contributed by atoms with Gasteiger partial charge in [0.25, 0.3) is 10.0 Å². The van der Waals surface area contributed by atoms with Crippen LogP contribution in [-0.4, -0.2) is 44.3 Å². The topological polar surface area (TPSA) is 86.8 Å². The third-order valence-corrected chi connectivity index (χ3v) is 7.95. The molecule has 0 spiro atoms. The van der Waals surface area contributed by atoms with Gasteiger partial charge in [0.1, 0.15) is 12.6 Å². The van der Waals surface area contributed by atoms with Gasteiger partial charge in [-0.3, -0.25) is 13.9 Å². The number of amides is 2. The molecule has 7 nitrogen and oxygen atoms in total. The number of sulfonamides is 1. The summed E-state index contributed by atoms with van der Waals surface area (Å²) in [5.74, 6) is -0.796. The summed E-state index contributed by atoms with van der Waals surface area (Å²) >= 11 is 5.96. The summed E-state index contributed by atoms with van der Waals surface area (Å²) in [7, 11) is -4.11. The third-order valence-electron chi connectivity index (χ3n) is 5.91. The molecular formula is C28H32ClN3O4S. The van der Waals surface area contributed by atoms with Crippen LogP contribution in [0.15, 0.2) is 83.8 Å². The number of nitrogens with zero attached hydrogens (tertiary/aromatic N) is 2. The van der Waals surface area contributed by atoms with Crippen molar-refractivity contribution in [2.24, 2.45) is 0 Å². The molecule has 1 N–H and O–H groups in total. The highest BCUT2D eigenvalue weighted by molar-refractivity contribution is 7.92. The van der Waals surface area contributed by atoms with E-state index in [2.05, 4.69) is 5.32 Å². The number of para-hydroxylation sites is 1. The maximum Gasteiger partial charge on any atom is 0.264 e. The minimum absolute atomic E-state index is 0.00683. The van der Waals surface area contributed by atoms with E-state index in [-0.39, 0.29) is 17.3 Å². The highest BCUT2D eigenvalue weighted by Gasteiger charge is 2.32. The van der Waals surface area contributed by atoms with E-state index in [0.717, 1.165) is 21.9 Å². The second kappa shape index (κ2) is 12.7. The molecule has 37 heavy (non-hydrogen) atoms. The monoisotopic (exact) mass is 541 g/mol. The Morgan fingerprint density at radius 2 is 1.57 bits per heavy atom. The van der Waals surface area contributed by atoms with Crippen LogP contribution in [0.3, 0.4) is 0 Å². The van der Waals surface area contributed by atoms with Gasteiger partial charge < -0.3 is 10.2 Å². The van der Waals surface area contributed by atoms with Gasteiger partial charge in [-0.25, -0.2) is 8.42 Å². The summed E-state index contributed by atoms with van der Waals surface area (Å²) in [4.78, 5) is 28.0. The van der Waals surface area contributed by atoms with Gasteiger partial charge >= 0.3 is 0 Å². The van der Waals surface area contributed by atoms with Crippen molar-refractivity contribution in [1.82, 2.24) is 10.2 Å². The predicted octanol–water partition coefficient (Wildman–Crippen LogP) is 4.79. The van der Waals surface area contributed by atoms with Gasteiger partial charge in [-0.2, -0.15) is 0 Å². The van der Waals surface area contributed by atoms with Crippen molar-refractivity contribution >= 4 is 39.1 Å². The zero-order chi connectivity index (χ0) is 27.0. The van der Waals surface area contributed by atoms with Crippen molar-refractivity contribution in [2.45, 2.75) is 44.7 Å². The highest BCUT2D eigenvalue weighted by atomic mass is 35.5.